The van der Waals surface area contributed by atoms with Gasteiger partial charge in [0, 0.05) is 12.2 Å². The summed E-state index contributed by atoms with van der Waals surface area (Å²) in [6.45, 7) is 3.80. The molecule has 1 saturated heterocycles. The molecule has 1 aliphatic rings. The largest absolute Gasteiger partial charge is 0.325 e. The number of aryl methyl sites for hydroxylation is 2. The number of carbonyl (C=O) groups is 1. The zero-order valence-electron chi connectivity index (χ0n) is 14.7. The first-order valence-corrected chi connectivity index (χ1v) is 9.88. The summed E-state index contributed by atoms with van der Waals surface area (Å²) in [6.07, 6.45) is 1.04. The molecule has 1 fully saturated rings. The van der Waals surface area contributed by atoms with Gasteiger partial charge in [-0.1, -0.05) is 23.8 Å². The van der Waals surface area contributed by atoms with Crippen LogP contribution in [0, 0.1) is 19.7 Å². The summed E-state index contributed by atoms with van der Waals surface area (Å²) in [7, 11) is -3.76. The van der Waals surface area contributed by atoms with Crippen molar-refractivity contribution in [1.82, 2.24) is 4.31 Å². The fraction of sp³-hybridized carbons (Fsp3) is 0.316. The molecule has 0 radical (unpaired) electrons. The molecule has 0 bridgehead atoms. The molecule has 1 N–H and O–H groups in total. The average molecular weight is 376 g/mol. The summed E-state index contributed by atoms with van der Waals surface area (Å²) >= 11 is 0. The molecule has 7 heteroatoms. The molecule has 0 aromatic heterocycles. The van der Waals surface area contributed by atoms with Gasteiger partial charge in [-0.2, -0.15) is 4.31 Å². The molecule has 138 valence electrons. The van der Waals surface area contributed by atoms with Gasteiger partial charge in [0.05, 0.1) is 4.90 Å². The van der Waals surface area contributed by atoms with E-state index < -0.39 is 27.8 Å². The maximum Gasteiger partial charge on any atom is 0.243 e. The zero-order valence-corrected chi connectivity index (χ0v) is 15.5. The molecule has 0 spiro atoms. The van der Waals surface area contributed by atoms with E-state index in [9.17, 15) is 17.6 Å². The van der Waals surface area contributed by atoms with Crippen LogP contribution in [0.25, 0.3) is 0 Å². The Balaban J connectivity index is 1.81. The highest BCUT2D eigenvalue weighted by molar-refractivity contribution is 7.89. The number of carbonyl (C=O) groups excluding carboxylic acids is 1. The third-order valence-corrected chi connectivity index (χ3v) is 6.50. The molecule has 1 amide bonds. The van der Waals surface area contributed by atoms with Gasteiger partial charge in [0.15, 0.2) is 0 Å². The number of anilines is 1. The molecule has 1 aliphatic heterocycles. The molecule has 0 saturated carbocycles. The first-order chi connectivity index (χ1) is 12.3. The molecule has 0 aliphatic carbocycles. The first kappa shape index (κ1) is 18.5. The van der Waals surface area contributed by atoms with Crippen LogP contribution in [-0.2, 0) is 14.8 Å². The minimum atomic E-state index is -3.76. The second kappa shape index (κ2) is 7.17. The summed E-state index contributed by atoms with van der Waals surface area (Å²) in [5, 5.41) is 2.63. The fourth-order valence-electron chi connectivity index (χ4n) is 3.03. The van der Waals surface area contributed by atoms with E-state index in [4.69, 9.17) is 0 Å². The summed E-state index contributed by atoms with van der Waals surface area (Å²) < 4.78 is 40.7. The SMILES string of the molecule is Cc1ccc(S(=O)(=O)N2CCC[C@H]2C(=O)Nc2ccc(C)c(F)c2)cc1. The van der Waals surface area contributed by atoms with E-state index in [0.29, 0.717) is 24.1 Å². The van der Waals surface area contributed by atoms with Crippen molar-refractivity contribution < 1.29 is 17.6 Å². The third kappa shape index (κ3) is 3.64. The number of rotatable bonds is 4. The van der Waals surface area contributed by atoms with Gasteiger partial charge in [0.25, 0.3) is 0 Å². The lowest BCUT2D eigenvalue weighted by Gasteiger charge is -2.23. The van der Waals surface area contributed by atoms with Crippen molar-refractivity contribution in [1.29, 1.82) is 0 Å². The Bertz CT molecular complexity index is 926. The number of hydrogen-bond donors (Lipinski definition) is 1. The third-order valence-electron chi connectivity index (χ3n) is 4.57. The van der Waals surface area contributed by atoms with Crippen molar-refractivity contribution in [3.8, 4) is 0 Å². The lowest BCUT2D eigenvalue weighted by molar-refractivity contribution is -0.119. The van der Waals surface area contributed by atoms with Crippen LogP contribution >= 0.6 is 0 Å². The number of hydrogen-bond acceptors (Lipinski definition) is 3. The van der Waals surface area contributed by atoms with Crippen molar-refractivity contribution in [2.24, 2.45) is 0 Å². The Labute approximate surface area is 152 Å². The Morgan fingerprint density at radius 3 is 2.50 bits per heavy atom. The summed E-state index contributed by atoms with van der Waals surface area (Å²) in [5.74, 6) is -0.861. The van der Waals surface area contributed by atoms with Gasteiger partial charge in [0.1, 0.15) is 11.9 Å². The highest BCUT2D eigenvalue weighted by atomic mass is 32.2. The molecule has 5 nitrogen and oxygen atoms in total. The van der Waals surface area contributed by atoms with Crippen molar-refractivity contribution >= 4 is 21.6 Å². The number of nitrogens with zero attached hydrogens (tertiary/aromatic N) is 1. The quantitative estimate of drug-likeness (QED) is 0.891. The van der Waals surface area contributed by atoms with Gasteiger partial charge in [-0.3, -0.25) is 4.79 Å². The molecular weight excluding hydrogens is 355 g/mol. The second-order valence-corrected chi connectivity index (χ2v) is 8.43. The molecule has 2 aromatic rings. The Kier molecular flexibility index (Phi) is 5.11. The van der Waals surface area contributed by atoms with E-state index in [1.165, 1.54) is 10.4 Å². The number of amides is 1. The minimum absolute atomic E-state index is 0.171. The van der Waals surface area contributed by atoms with Crippen LogP contribution in [0.2, 0.25) is 0 Å². The van der Waals surface area contributed by atoms with Crippen LogP contribution in [0.1, 0.15) is 24.0 Å². The van der Waals surface area contributed by atoms with Crippen molar-refractivity contribution in [3.05, 3.63) is 59.4 Å². The van der Waals surface area contributed by atoms with Crippen LogP contribution in [-0.4, -0.2) is 31.2 Å². The van der Waals surface area contributed by atoms with E-state index >= 15 is 0 Å². The van der Waals surface area contributed by atoms with Crippen molar-refractivity contribution in [2.75, 3.05) is 11.9 Å². The topological polar surface area (TPSA) is 66.5 Å². The van der Waals surface area contributed by atoms with Crippen LogP contribution in [0.3, 0.4) is 0 Å². The average Bonchev–Trinajstić information content (AvgIpc) is 3.09. The van der Waals surface area contributed by atoms with E-state index in [1.807, 2.05) is 6.92 Å². The highest BCUT2D eigenvalue weighted by Gasteiger charge is 2.39. The molecule has 0 unspecified atom stereocenters. The fourth-order valence-corrected chi connectivity index (χ4v) is 4.69. The maximum atomic E-state index is 13.7. The predicted molar refractivity (Wildman–Crippen MR) is 97.9 cm³/mol. The predicted octanol–water partition coefficient (Wildman–Crippen LogP) is 3.23. The van der Waals surface area contributed by atoms with Crippen molar-refractivity contribution in [3.63, 3.8) is 0 Å². The highest BCUT2D eigenvalue weighted by Crippen LogP contribution is 2.27. The van der Waals surface area contributed by atoms with Gasteiger partial charge >= 0.3 is 0 Å². The van der Waals surface area contributed by atoms with E-state index in [2.05, 4.69) is 5.32 Å². The van der Waals surface area contributed by atoms with E-state index in [0.717, 1.165) is 5.56 Å². The molecular formula is C19H21FN2O3S. The van der Waals surface area contributed by atoms with Crippen LogP contribution < -0.4 is 5.32 Å². The summed E-state index contributed by atoms with van der Waals surface area (Å²) in [6, 6.07) is 10.2. The van der Waals surface area contributed by atoms with E-state index in [-0.39, 0.29) is 11.4 Å². The van der Waals surface area contributed by atoms with Crippen LogP contribution in [0.5, 0.6) is 0 Å². The molecule has 1 heterocycles. The monoisotopic (exact) mass is 376 g/mol. The number of benzene rings is 2. The van der Waals surface area contributed by atoms with Crippen LogP contribution in [0.15, 0.2) is 47.4 Å². The van der Waals surface area contributed by atoms with Crippen LogP contribution in [0.4, 0.5) is 10.1 Å². The normalized spacial score (nSPS) is 18.0. The summed E-state index contributed by atoms with van der Waals surface area (Å²) in [5.41, 5.74) is 1.76. The Morgan fingerprint density at radius 1 is 1.15 bits per heavy atom. The second-order valence-electron chi connectivity index (χ2n) is 6.54. The Morgan fingerprint density at radius 2 is 1.85 bits per heavy atom. The van der Waals surface area contributed by atoms with Gasteiger partial charge in [-0.05, 0) is 56.5 Å². The number of halogens is 1. The standard InChI is InChI=1S/C19H21FN2O3S/c1-13-5-9-16(10-6-13)26(24,25)22-11-3-4-18(22)19(23)21-15-8-7-14(2)17(20)12-15/h5-10,12,18H,3-4,11H2,1-2H3,(H,21,23)/t18-/m0/s1. The first-order valence-electron chi connectivity index (χ1n) is 8.44. The lowest BCUT2D eigenvalue weighted by atomic mass is 10.2. The maximum absolute atomic E-state index is 13.7. The van der Waals surface area contributed by atoms with Crippen molar-refractivity contribution in [2.45, 2.75) is 37.6 Å². The lowest BCUT2D eigenvalue weighted by Crippen LogP contribution is -2.43. The molecule has 2 aromatic carbocycles. The molecule has 3 rings (SSSR count). The van der Waals surface area contributed by atoms with Gasteiger partial charge in [0.2, 0.25) is 15.9 Å². The minimum Gasteiger partial charge on any atom is -0.325 e. The van der Waals surface area contributed by atoms with Gasteiger partial charge in [-0.15, -0.1) is 0 Å². The smallest absolute Gasteiger partial charge is 0.243 e. The number of nitrogens with one attached hydrogen (secondary N) is 1. The molecule has 1 atom stereocenters. The van der Waals surface area contributed by atoms with Gasteiger partial charge < -0.3 is 5.32 Å². The molecule has 26 heavy (non-hydrogen) atoms. The zero-order chi connectivity index (χ0) is 18.9. The number of sulfonamides is 1. The van der Waals surface area contributed by atoms with E-state index in [1.54, 1.807) is 43.3 Å². The summed E-state index contributed by atoms with van der Waals surface area (Å²) in [4.78, 5) is 12.8. The van der Waals surface area contributed by atoms with Gasteiger partial charge in [-0.25, -0.2) is 12.8 Å². The Hall–Kier alpha value is -2.25.